The number of benzene rings is 2. The van der Waals surface area contributed by atoms with Gasteiger partial charge in [0, 0.05) is 5.02 Å². The fourth-order valence-electron chi connectivity index (χ4n) is 2.06. The van der Waals surface area contributed by atoms with Gasteiger partial charge in [0.1, 0.15) is 0 Å². The summed E-state index contributed by atoms with van der Waals surface area (Å²) in [6.07, 6.45) is 0. The highest BCUT2D eigenvalue weighted by molar-refractivity contribution is 7.80. The van der Waals surface area contributed by atoms with Gasteiger partial charge in [-0.1, -0.05) is 40.6 Å². The molecule has 0 fully saturated rings. The van der Waals surface area contributed by atoms with Crippen LogP contribution >= 0.6 is 46.8 Å². The summed E-state index contributed by atoms with van der Waals surface area (Å²) in [6, 6.07) is 10.6. The molecule has 0 radical (unpaired) electrons. The fraction of sp³-hybridized carbons (Fsp3) is 0.0625. The number of fused-ring (bicyclic) bond motifs is 1. The van der Waals surface area contributed by atoms with Gasteiger partial charge in [0.2, 0.25) is 0 Å². The highest BCUT2D eigenvalue weighted by Gasteiger charge is 2.13. The number of halogens is 2. The molecule has 4 nitrogen and oxygen atoms in total. The lowest BCUT2D eigenvalue weighted by Crippen LogP contribution is -2.34. The Morgan fingerprint density at radius 3 is 2.75 bits per heavy atom. The average Bonchev–Trinajstić information content (AvgIpc) is 2.87. The van der Waals surface area contributed by atoms with Crippen LogP contribution in [-0.4, -0.2) is 16.0 Å². The fourth-order valence-corrected chi connectivity index (χ4v) is 3.77. The topological polar surface area (TPSA) is 54.0 Å². The molecule has 0 aliphatic heterocycles. The van der Waals surface area contributed by atoms with Crippen molar-refractivity contribution in [3.63, 3.8) is 0 Å². The number of rotatable bonds is 2. The average molecular weight is 396 g/mol. The quantitative estimate of drug-likeness (QED) is 0.596. The lowest BCUT2D eigenvalue weighted by molar-refractivity contribution is 0.0978. The zero-order valence-corrected chi connectivity index (χ0v) is 15.5. The third-order valence-electron chi connectivity index (χ3n) is 3.17. The number of nitrogens with zero attached hydrogens (tertiary/aromatic N) is 1. The summed E-state index contributed by atoms with van der Waals surface area (Å²) in [6.45, 7) is 2.02. The lowest BCUT2D eigenvalue weighted by Gasteiger charge is -2.08. The number of carbonyl (C=O) groups excluding carboxylic acids is 1. The molecule has 0 unspecified atom stereocenters. The molecule has 8 heteroatoms. The van der Waals surface area contributed by atoms with Gasteiger partial charge in [0.25, 0.3) is 5.91 Å². The number of aryl methyl sites for hydroxylation is 1. The van der Waals surface area contributed by atoms with Gasteiger partial charge in [-0.25, -0.2) is 4.98 Å². The number of hydrogen-bond acceptors (Lipinski definition) is 4. The summed E-state index contributed by atoms with van der Waals surface area (Å²) >= 11 is 18.5. The third-order valence-corrected chi connectivity index (χ3v) is 4.85. The van der Waals surface area contributed by atoms with Crippen LogP contribution in [0.3, 0.4) is 0 Å². The van der Waals surface area contributed by atoms with Crippen molar-refractivity contribution in [2.45, 2.75) is 6.92 Å². The Labute approximate surface area is 157 Å². The highest BCUT2D eigenvalue weighted by Crippen LogP contribution is 2.26. The van der Waals surface area contributed by atoms with E-state index < -0.39 is 5.91 Å². The van der Waals surface area contributed by atoms with Crippen LogP contribution in [-0.2, 0) is 0 Å². The van der Waals surface area contributed by atoms with Crippen molar-refractivity contribution < 1.29 is 4.79 Å². The first-order valence-electron chi connectivity index (χ1n) is 6.87. The lowest BCUT2D eigenvalue weighted by atomic mass is 10.2. The first-order chi connectivity index (χ1) is 11.4. The number of thiocarbonyl (C=S) groups is 1. The Morgan fingerprint density at radius 2 is 2.00 bits per heavy atom. The van der Waals surface area contributed by atoms with Crippen molar-refractivity contribution >= 4 is 73.1 Å². The van der Waals surface area contributed by atoms with E-state index in [9.17, 15) is 4.79 Å². The van der Waals surface area contributed by atoms with Gasteiger partial charge in [-0.15, -0.1) is 0 Å². The van der Waals surface area contributed by atoms with Crippen LogP contribution in [0.25, 0.3) is 10.2 Å². The van der Waals surface area contributed by atoms with Gasteiger partial charge >= 0.3 is 0 Å². The van der Waals surface area contributed by atoms with E-state index in [4.69, 9.17) is 35.4 Å². The Bertz CT molecular complexity index is 956. The molecule has 1 aromatic heterocycles. The number of thiazole rings is 1. The maximum atomic E-state index is 12.2. The molecule has 3 rings (SSSR count). The molecular formula is C16H11Cl2N3OS2. The molecule has 2 N–H and O–H groups in total. The Hall–Kier alpha value is -1.73. The smallest absolute Gasteiger partial charge is 0.258 e. The zero-order valence-electron chi connectivity index (χ0n) is 12.4. The van der Waals surface area contributed by atoms with E-state index in [0.717, 1.165) is 15.8 Å². The predicted molar refractivity (Wildman–Crippen MR) is 105 cm³/mol. The second-order valence-electron chi connectivity index (χ2n) is 5.02. The van der Waals surface area contributed by atoms with Gasteiger partial charge in [-0.2, -0.15) is 0 Å². The Morgan fingerprint density at radius 1 is 1.21 bits per heavy atom. The maximum absolute atomic E-state index is 12.2. The number of anilines is 1. The number of aromatic nitrogens is 1. The molecule has 0 saturated heterocycles. The van der Waals surface area contributed by atoms with Crippen molar-refractivity contribution in [1.82, 2.24) is 10.3 Å². The summed E-state index contributed by atoms with van der Waals surface area (Å²) < 4.78 is 1.05. The molecule has 24 heavy (non-hydrogen) atoms. The molecule has 0 bridgehead atoms. The number of hydrogen-bond donors (Lipinski definition) is 2. The van der Waals surface area contributed by atoms with Crippen molar-refractivity contribution in [3.05, 3.63) is 57.6 Å². The largest absolute Gasteiger partial charge is 0.308 e. The number of amides is 1. The summed E-state index contributed by atoms with van der Waals surface area (Å²) in [5.74, 6) is -0.411. The minimum Gasteiger partial charge on any atom is -0.308 e. The van der Waals surface area contributed by atoms with Crippen LogP contribution in [0.15, 0.2) is 36.4 Å². The van der Waals surface area contributed by atoms with Gasteiger partial charge in [0.15, 0.2) is 10.2 Å². The second-order valence-corrected chi connectivity index (χ2v) is 7.31. The SMILES string of the molecule is Cc1ccc2nc(NC(=S)NC(=O)c3ccc(Cl)cc3Cl)sc2c1. The molecule has 0 atom stereocenters. The minimum absolute atomic E-state index is 0.154. The molecule has 0 aliphatic carbocycles. The van der Waals surface area contributed by atoms with E-state index >= 15 is 0 Å². The molecular weight excluding hydrogens is 385 g/mol. The molecule has 0 spiro atoms. The Kier molecular flexibility index (Phi) is 5.01. The van der Waals surface area contributed by atoms with Crippen LogP contribution in [0.4, 0.5) is 5.13 Å². The van der Waals surface area contributed by atoms with Gasteiger partial charge in [-0.3, -0.25) is 10.1 Å². The van der Waals surface area contributed by atoms with Crippen molar-refractivity contribution in [3.8, 4) is 0 Å². The van der Waals surface area contributed by atoms with Crippen molar-refractivity contribution in [1.29, 1.82) is 0 Å². The summed E-state index contributed by atoms with van der Waals surface area (Å²) in [7, 11) is 0. The summed E-state index contributed by atoms with van der Waals surface area (Å²) in [5.41, 5.74) is 2.33. The minimum atomic E-state index is -0.411. The maximum Gasteiger partial charge on any atom is 0.258 e. The molecule has 0 saturated carbocycles. The van der Waals surface area contributed by atoms with Crippen LogP contribution in [0.1, 0.15) is 15.9 Å². The van der Waals surface area contributed by atoms with Crippen molar-refractivity contribution in [2.24, 2.45) is 0 Å². The van der Waals surface area contributed by atoms with E-state index in [-0.39, 0.29) is 10.1 Å². The van der Waals surface area contributed by atoms with Gasteiger partial charge in [-0.05, 0) is 55.0 Å². The number of carbonyl (C=O) groups is 1. The van der Waals surface area contributed by atoms with Crippen LogP contribution < -0.4 is 10.6 Å². The molecule has 1 amide bonds. The normalized spacial score (nSPS) is 10.6. The summed E-state index contributed by atoms with van der Waals surface area (Å²) in [5, 5.41) is 6.99. The molecule has 1 heterocycles. The predicted octanol–water partition coefficient (Wildman–Crippen LogP) is 5.04. The van der Waals surface area contributed by atoms with E-state index in [2.05, 4.69) is 15.6 Å². The molecule has 3 aromatic rings. The van der Waals surface area contributed by atoms with E-state index in [1.807, 2.05) is 25.1 Å². The van der Waals surface area contributed by atoms with E-state index in [0.29, 0.717) is 15.7 Å². The highest BCUT2D eigenvalue weighted by atomic mass is 35.5. The second kappa shape index (κ2) is 7.03. The monoisotopic (exact) mass is 395 g/mol. The molecule has 122 valence electrons. The van der Waals surface area contributed by atoms with Crippen molar-refractivity contribution in [2.75, 3.05) is 5.32 Å². The molecule has 0 aliphatic rings. The Balaban J connectivity index is 1.71. The third kappa shape index (κ3) is 3.84. The van der Waals surface area contributed by atoms with Crippen LogP contribution in [0.2, 0.25) is 10.0 Å². The molecule has 2 aromatic carbocycles. The van der Waals surface area contributed by atoms with Crippen LogP contribution in [0, 0.1) is 6.92 Å². The summed E-state index contributed by atoms with van der Waals surface area (Å²) in [4.78, 5) is 16.6. The van der Waals surface area contributed by atoms with E-state index in [1.54, 1.807) is 12.1 Å². The van der Waals surface area contributed by atoms with Gasteiger partial charge in [0.05, 0.1) is 20.8 Å². The first-order valence-corrected chi connectivity index (χ1v) is 8.85. The number of nitrogens with one attached hydrogen (secondary N) is 2. The van der Waals surface area contributed by atoms with Gasteiger partial charge < -0.3 is 5.32 Å². The first kappa shape index (κ1) is 17.1. The zero-order chi connectivity index (χ0) is 17.3. The van der Waals surface area contributed by atoms with Crippen LogP contribution in [0.5, 0.6) is 0 Å². The standard InChI is InChI=1S/C16H11Cl2N3OS2/c1-8-2-5-12-13(6-8)24-16(19-12)21-15(23)20-14(22)10-4-3-9(17)7-11(10)18/h2-7H,1H3,(H2,19,20,21,22,23). The van der Waals surface area contributed by atoms with E-state index in [1.165, 1.54) is 17.4 Å².